The van der Waals surface area contributed by atoms with E-state index in [0.717, 1.165) is 5.56 Å². The number of benzene rings is 2. The minimum atomic E-state index is -0.509. The van der Waals surface area contributed by atoms with Gasteiger partial charge in [-0.2, -0.15) is 0 Å². The van der Waals surface area contributed by atoms with Crippen LogP contribution < -0.4 is 10.2 Å². The summed E-state index contributed by atoms with van der Waals surface area (Å²) in [7, 11) is 1.67. The molecular weight excluding hydrogens is 330 g/mol. The van der Waals surface area contributed by atoms with E-state index in [0.29, 0.717) is 28.9 Å². The molecule has 2 heterocycles. The third kappa shape index (κ3) is 2.40. The van der Waals surface area contributed by atoms with Crippen LogP contribution in [0.4, 0.5) is 0 Å². The second kappa shape index (κ2) is 6.19. The number of fused-ring (bicyclic) bond motifs is 2. The van der Waals surface area contributed by atoms with Gasteiger partial charge in [-0.15, -0.1) is 0 Å². The first-order valence-corrected chi connectivity index (χ1v) is 8.28. The van der Waals surface area contributed by atoms with E-state index in [1.54, 1.807) is 37.4 Å². The molecule has 5 heteroatoms. The average Bonchev–Trinajstić information content (AvgIpc) is 2.92. The van der Waals surface area contributed by atoms with Crippen LogP contribution in [0, 0.1) is 0 Å². The van der Waals surface area contributed by atoms with E-state index in [4.69, 9.17) is 9.15 Å². The minimum absolute atomic E-state index is 0.110. The third-order valence-electron chi connectivity index (χ3n) is 4.55. The van der Waals surface area contributed by atoms with Crippen LogP contribution >= 0.6 is 0 Å². The monoisotopic (exact) mass is 347 g/mol. The van der Waals surface area contributed by atoms with E-state index in [1.165, 1.54) is 4.90 Å². The maximum Gasteiger partial charge on any atom is 0.290 e. The maximum atomic E-state index is 13.1. The number of carbonyl (C=O) groups excluding carboxylic acids is 1. The molecule has 1 atom stereocenters. The Bertz CT molecular complexity index is 1080. The second-order valence-electron chi connectivity index (χ2n) is 6.16. The number of hydrogen-bond donors (Lipinski definition) is 0. The van der Waals surface area contributed by atoms with Gasteiger partial charge in [-0.1, -0.05) is 36.9 Å². The molecule has 0 saturated heterocycles. The van der Waals surface area contributed by atoms with Gasteiger partial charge in [0.05, 0.1) is 17.0 Å². The first-order chi connectivity index (χ1) is 12.6. The Hall–Kier alpha value is -3.34. The van der Waals surface area contributed by atoms with Crippen molar-refractivity contribution in [3.8, 4) is 5.75 Å². The summed E-state index contributed by atoms with van der Waals surface area (Å²) in [4.78, 5) is 27.3. The summed E-state index contributed by atoms with van der Waals surface area (Å²) in [5.74, 6) is 0.464. The summed E-state index contributed by atoms with van der Waals surface area (Å²) in [5, 5.41) is 0.471. The van der Waals surface area contributed by atoms with Crippen molar-refractivity contribution in [3.05, 3.63) is 88.3 Å². The fourth-order valence-electron chi connectivity index (χ4n) is 3.35. The fourth-order valence-corrected chi connectivity index (χ4v) is 3.35. The van der Waals surface area contributed by atoms with E-state index in [1.807, 2.05) is 24.3 Å². The van der Waals surface area contributed by atoms with E-state index in [-0.39, 0.29) is 17.1 Å². The normalized spacial score (nSPS) is 16.0. The lowest BCUT2D eigenvalue weighted by Crippen LogP contribution is -2.25. The molecular formula is C21H17NO4. The number of nitrogens with zero attached hydrogens (tertiary/aromatic N) is 1. The number of carbonyl (C=O) groups is 1. The van der Waals surface area contributed by atoms with Gasteiger partial charge in [0.2, 0.25) is 5.76 Å². The van der Waals surface area contributed by atoms with Gasteiger partial charge in [-0.25, -0.2) is 0 Å². The zero-order chi connectivity index (χ0) is 18.3. The molecule has 1 amide bonds. The van der Waals surface area contributed by atoms with Crippen molar-refractivity contribution < 1.29 is 13.9 Å². The first-order valence-electron chi connectivity index (χ1n) is 8.28. The summed E-state index contributed by atoms with van der Waals surface area (Å²) in [6, 6.07) is 13.8. The molecule has 4 rings (SSSR count). The Morgan fingerprint density at radius 3 is 2.81 bits per heavy atom. The minimum Gasteiger partial charge on any atom is -0.490 e. The largest absolute Gasteiger partial charge is 0.490 e. The number of amides is 1. The zero-order valence-electron chi connectivity index (χ0n) is 14.3. The molecule has 1 unspecified atom stereocenters. The molecule has 1 aromatic heterocycles. The Labute approximate surface area is 150 Å². The van der Waals surface area contributed by atoms with E-state index < -0.39 is 6.04 Å². The summed E-state index contributed by atoms with van der Waals surface area (Å²) < 4.78 is 11.4. The summed E-state index contributed by atoms with van der Waals surface area (Å²) in [6.45, 7) is 4.02. The van der Waals surface area contributed by atoms with E-state index >= 15 is 0 Å². The standard InChI is InChI=1S/C21H17NO4/c1-3-11-25-14-8-6-7-13(12-14)18-17-19(23)15-9-4-5-10-16(15)26-20(17)21(24)22(18)2/h3-10,12,18H,1,11H2,2H3. The zero-order valence-corrected chi connectivity index (χ0v) is 14.3. The van der Waals surface area contributed by atoms with Crippen LogP contribution in [0.2, 0.25) is 0 Å². The molecule has 0 bridgehead atoms. The van der Waals surface area contributed by atoms with E-state index in [9.17, 15) is 9.59 Å². The Morgan fingerprint density at radius 1 is 1.19 bits per heavy atom. The van der Waals surface area contributed by atoms with Crippen molar-refractivity contribution in [3.63, 3.8) is 0 Å². The Balaban J connectivity index is 1.90. The topological polar surface area (TPSA) is 59.8 Å². The molecule has 0 fully saturated rings. The van der Waals surface area contributed by atoms with Crippen molar-refractivity contribution in [2.24, 2.45) is 0 Å². The molecule has 2 aromatic carbocycles. The molecule has 5 nitrogen and oxygen atoms in total. The molecule has 1 aliphatic rings. The highest BCUT2D eigenvalue weighted by Gasteiger charge is 2.40. The Kier molecular flexibility index (Phi) is 3.84. The van der Waals surface area contributed by atoms with Crippen LogP contribution in [0.3, 0.4) is 0 Å². The van der Waals surface area contributed by atoms with Crippen LogP contribution in [0.5, 0.6) is 5.75 Å². The SMILES string of the molecule is C=CCOc1cccc(C2c3c(oc4ccccc4c3=O)C(=O)N2C)c1. The summed E-state index contributed by atoms with van der Waals surface area (Å²) in [6.07, 6.45) is 1.66. The lowest BCUT2D eigenvalue weighted by molar-refractivity contribution is 0.0771. The molecule has 0 radical (unpaired) electrons. The van der Waals surface area contributed by atoms with Crippen molar-refractivity contribution in [1.82, 2.24) is 4.90 Å². The Morgan fingerprint density at radius 2 is 2.00 bits per heavy atom. The molecule has 130 valence electrons. The number of para-hydroxylation sites is 1. The summed E-state index contributed by atoms with van der Waals surface area (Å²) in [5.41, 5.74) is 1.41. The molecule has 1 aliphatic heterocycles. The first kappa shape index (κ1) is 16.1. The van der Waals surface area contributed by atoms with Crippen LogP contribution in [-0.2, 0) is 0 Å². The molecule has 0 N–H and O–H groups in total. The molecule has 0 saturated carbocycles. The predicted molar refractivity (Wildman–Crippen MR) is 98.6 cm³/mol. The van der Waals surface area contributed by atoms with Crippen LogP contribution in [0.25, 0.3) is 11.0 Å². The number of hydrogen-bond acceptors (Lipinski definition) is 4. The lowest BCUT2D eigenvalue weighted by Gasteiger charge is -2.20. The van der Waals surface area contributed by atoms with Gasteiger partial charge in [0.15, 0.2) is 5.43 Å². The quantitative estimate of drug-likeness (QED) is 0.678. The van der Waals surface area contributed by atoms with Crippen LogP contribution in [-0.4, -0.2) is 24.5 Å². The van der Waals surface area contributed by atoms with Gasteiger partial charge in [0.25, 0.3) is 5.91 Å². The van der Waals surface area contributed by atoms with E-state index in [2.05, 4.69) is 6.58 Å². The number of rotatable bonds is 4. The van der Waals surface area contributed by atoms with Gasteiger partial charge in [-0.3, -0.25) is 9.59 Å². The highest BCUT2D eigenvalue weighted by Crippen LogP contribution is 2.37. The molecule has 3 aromatic rings. The highest BCUT2D eigenvalue weighted by molar-refractivity contribution is 5.98. The summed E-state index contributed by atoms with van der Waals surface area (Å²) >= 11 is 0. The second-order valence-corrected chi connectivity index (χ2v) is 6.16. The van der Waals surface area contributed by atoms with Crippen LogP contribution in [0.15, 0.2) is 70.4 Å². The van der Waals surface area contributed by atoms with Crippen molar-refractivity contribution in [2.45, 2.75) is 6.04 Å². The highest BCUT2D eigenvalue weighted by atomic mass is 16.5. The van der Waals surface area contributed by atoms with Gasteiger partial charge in [-0.05, 0) is 29.8 Å². The number of ether oxygens (including phenoxy) is 1. The third-order valence-corrected chi connectivity index (χ3v) is 4.55. The molecule has 26 heavy (non-hydrogen) atoms. The van der Waals surface area contributed by atoms with Gasteiger partial charge in [0, 0.05) is 7.05 Å². The molecule has 0 aliphatic carbocycles. The van der Waals surface area contributed by atoms with Gasteiger partial charge >= 0.3 is 0 Å². The fraction of sp³-hybridized carbons (Fsp3) is 0.143. The van der Waals surface area contributed by atoms with Gasteiger partial charge in [0.1, 0.15) is 17.9 Å². The smallest absolute Gasteiger partial charge is 0.290 e. The maximum absolute atomic E-state index is 13.1. The molecule has 0 spiro atoms. The average molecular weight is 347 g/mol. The van der Waals surface area contributed by atoms with Gasteiger partial charge < -0.3 is 14.1 Å². The van der Waals surface area contributed by atoms with Crippen LogP contribution in [0.1, 0.15) is 27.7 Å². The lowest BCUT2D eigenvalue weighted by atomic mass is 9.98. The predicted octanol–water partition coefficient (Wildman–Crippen LogP) is 3.53. The van der Waals surface area contributed by atoms with Crippen molar-refractivity contribution in [2.75, 3.05) is 13.7 Å². The van der Waals surface area contributed by atoms with Crippen molar-refractivity contribution in [1.29, 1.82) is 0 Å². The van der Waals surface area contributed by atoms with Crippen molar-refractivity contribution >= 4 is 16.9 Å².